The van der Waals surface area contributed by atoms with Gasteiger partial charge in [-0.3, -0.25) is 4.79 Å². The molecule has 1 saturated heterocycles. The number of halogens is 1. The first-order valence-corrected chi connectivity index (χ1v) is 12.1. The van der Waals surface area contributed by atoms with Gasteiger partial charge in [-0.25, -0.2) is 14.4 Å². The molecule has 3 rings (SSSR count). The van der Waals surface area contributed by atoms with Gasteiger partial charge in [0.05, 0.1) is 0 Å². The summed E-state index contributed by atoms with van der Waals surface area (Å²) in [6, 6.07) is 6.71. The number of hydrogen-bond donors (Lipinski definition) is 0. The van der Waals surface area contributed by atoms with E-state index in [-0.39, 0.29) is 11.7 Å². The topological polar surface area (TPSA) is 49.3 Å². The van der Waals surface area contributed by atoms with Crippen molar-refractivity contribution in [1.82, 2.24) is 14.9 Å². The number of carbonyl (C=O) groups is 1. The van der Waals surface area contributed by atoms with Crippen LogP contribution in [0.4, 0.5) is 10.2 Å². The van der Waals surface area contributed by atoms with E-state index < -0.39 is 0 Å². The molecule has 0 bridgehead atoms. The summed E-state index contributed by atoms with van der Waals surface area (Å²) in [5.74, 6) is 1.70. The number of anilines is 1. The highest BCUT2D eigenvalue weighted by atomic mass is 19.1. The molecule has 32 heavy (non-hydrogen) atoms. The Labute approximate surface area is 192 Å². The van der Waals surface area contributed by atoms with E-state index in [0.29, 0.717) is 12.8 Å². The van der Waals surface area contributed by atoms with Crippen LogP contribution in [0.1, 0.15) is 74.5 Å². The van der Waals surface area contributed by atoms with E-state index in [9.17, 15) is 9.18 Å². The second-order valence-electron chi connectivity index (χ2n) is 8.85. The van der Waals surface area contributed by atoms with Crippen LogP contribution in [0.3, 0.4) is 0 Å². The fraction of sp³-hybridized carbons (Fsp3) is 0.577. The molecule has 174 valence electrons. The Morgan fingerprint density at radius 1 is 1.00 bits per heavy atom. The van der Waals surface area contributed by atoms with Gasteiger partial charge in [-0.1, -0.05) is 51.2 Å². The number of nitrogens with zero attached hydrogens (tertiary/aromatic N) is 4. The summed E-state index contributed by atoms with van der Waals surface area (Å²) in [6.45, 7) is 9.07. The molecule has 2 heterocycles. The van der Waals surface area contributed by atoms with E-state index in [1.807, 2.05) is 24.8 Å². The van der Waals surface area contributed by atoms with Crippen molar-refractivity contribution in [3.63, 3.8) is 0 Å². The van der Waals surface area contributed by atoms with E-state index in [1.54, 1.807) is 12.1 Å². The molecule has 1 aromatic carbocycles. The molecular formula is C26H37FN4O. The van der Waals surface area contributed by atoms with Crippen LogP contribution in [0.25, 0.3) is 0 Å². The van der Waals surface area contributed by atoms with E-state index >= 15 is 0 Å². The summed E-state index contributed by atoms with van der Waals surface area (Å²) in [6.07, 6.45) is 8.44. The molecule has 0 unspecified atom stereocenters. The standard InChI is InChI=1S/C26H37FN4O/c1-4-5-6-7-8-9-13-25(32)30-14-16-31(17-15-30)26-24(20(2)28-21(3)29-26)19-22-11-10-12-23(27)18-22/h10-12,18H,4-9,13-17,19H2,1-3H3. The number of carbonyl (C=O) groups excluding carboxylic acids is 1. The first kappa shape index (κ1) is 24.1. The molecule has 1 aliphatic rings. The van der Waals surface area contributed by atoms with Gasteiger partial charge < -0.3 is 9.80 Å². The summed E-state index contributed by atoms with van der Waals surface area (Å²) in [5, 5.41) is 0. The number of unbranched alkanes of at least 4 members (excludes halogenated alkanes) is 5. The maximum atomic E-state index is 13.7. The average molecular weight is 441 g/mol. The number of rotatable bonds is 10. The number of hydrogen-bond acceptors (Lipinski definition) is 4. The molecule has 0 N–H and O–H groups in total. The van der Waals surface area contributed by atoms with Gasteiger partial charge in [0.2, 0.25) is 5.91 Å². The zero-order valence-corrected chi connectivity index (χ0v) is 19.9. The van der Waals surface area contributed by atoms with Crippen molar-refractivity contribution in [3.05, 3.63) is 52.7 Å². The van der Waals surface area contributed by atoms with Crippen LogP contribution in [0.5, 0.6) is 0 Å². The Hall–Kier alpha value is -2.50. The molecule has 0 saturated carbocycles. The lowest BCUT2D eigenvalue weighted by Gasteiger charge is -2.36. The highest BCUT2D eigenvalue weighted by Gasteiger charge is 2.24. The highest BCUT2D eigenvalue weighted by molar-refractivity contribution is 5.76. The molecule has 0 radical (unpaired) electrons. The molecule has 0 atom stereocenters. The molecule has 1 fully saturated rings. The normalized spacial score (nSPS) is 14.1. The van der Waals surface area contributed by atoms with E-state index in [4.69, 9.17) is 4.98 Å². The quantitative estimate of drug-likeness (QED) is 0.475. The van der Waals surface area contributed by atoms with Crippen LogP contribution in [-0.2, 0) is 11.2 Å². The van der Waals surface area contributed by atoms with E-state index in [2.05, 4.69) is 16.8 Å². The van der Waals surface area contributed by atoms with Gasteiger partial charge in [0.15, 0.2) is 0 Å². The second kappa shape index (κ2) is 11.9. The monoisotopic (exact) mass is 440 g/mol. The molecule has 0 spiro atoms. The fourth-order valence-corrected chi connectivity index (χ4v) is 4.42. The SMILES string of the molecule is CCCCCCCCC(=O)N1CCN(c2nc(C)nc(C)c2Cc2cccc(F)c2)CC1. The van der Waals surface area contributed by atoms with Crippen molar-refractivity contribution in [1.29, 1.82) is 0 Å². The number of amides is 1. The van der Waals surface area contributed by atoms with Gasteiger partial charge in [0, 0.05) is 50.3 Å². The minimum atomic E-state index is -0.229. The summed E-state index contributed by atoms with van der Waals surface area (Å²) >= 11 is 0. The van der Waals surface area contributed by atoms with Gasteiger partial charge in [0.25, 0.3) is 0 Å². The minimum absolute atomic E-state index is 0.229. The van der Waals surface area contributed by atoms with Crippen molar-refractivity contribution in [2.75, 3.05) is 31.1 Å². The first-order chi connectivity index (χ1) is 15.5. The summed E-state index contributed by atoms with van der Waals surface area (Å²) in [7, 11) is 0. The molecule has 5 nitrogen and oxygen atoms in total. The molecule has 6 heteroatoms. The Kier molecular flexibility index (Phi) is 9.00. The number of aromatic nitrogens is 2. The number of piperazine rings is 1. The Balaban J connectivity index is 1.59. The summed E-state index contributed by atoms with van der Waals surface area (Å²) in [4.78, 5) is 26.2. The van der Waals surface area contributed by atoms with Crippen LogP contribution >= 0.6 is 0 Å². The van der Waals surface area contributed by atoms with Gasteiger partial charge in [0.1, 0.15) is 17.5 Å². The molecule has 2 aromatic rings. The lowest BCUT2D eigenvalue weighted by Crippen LogP contribution is -2.49. The lowest BCUT2D eigenvalue weighted by molar-refractivity contribution is -0.131. The third kappa shape index (κ3) is 6.75. The van der Waals surface area contributed by atoms with Crippen molar-refractivity contribution in [2.45, 2.75) is 72.1 Å². The summed E-state index contributed by atoms with van der Waals surface area (Å²) in [5.41, 5.74) is 2.88. The second-order valence-corrected chi connectivity index (χ2v) is 8.85. The summed E-state index contributed by atoms with van der Waals surface area (Å²) < 4.78 is 13.7. The zero-order chi connectivity index (χ0) is 22.9. The smallest absolute Gasteiger partial charge is 0.222 e. The third-order valence-corrected chi connectivity index (χ3v) is 6.25. The number of benzene rings is 1. The lowest BCUT2D eigenvalue weighted by atomic mass is 10.0. The van der Waals surface area contributed by atoms with Crippen LogP contribution in [0, 0.1) is 19.7 Å². The van der Waals surface area contributed by atoms with Crippen molar-refractivity contribution in [2.24, 2.45) is 0 Å². The van der Waals surface area contributed by atoms with Crippen LogP contribution in [0.15, 0.2) is 24.3 Å². The van der Waals surface area contributed by atoms with Gasteiger partial charge in [-0.05, 0) is 38.0 Å². The van der Waals surface area contributed by atoms with Gasteiger partial charge in [-0.15, -0.1) is 0 Å². The maximum absolute atomic E-state index is 13.7. The number of aryl methyl sites for hydroxylation is 2. The predicted octanol–water partition coefficient (Wildman–Crippen LogP) is 5.22. The molecule has 0 aliphatic carbocycles. The molecular weight excluding hydrogens is 403 g/mol. The minimum Gasteiger partial charge on any atom is -0.353 e. The van der Waals surface area contributed by atoms with Gasteiger partial charge >= 0.3 is 0 Å². The predicted molar refractivity (Wildman–Crippen MR) is 127 cm³/mol. The Morgan fingerprint density at radius 2 is 1.72 bits per heavy atom. The first-order valence-electron chi connectivity index (χ1n) is 12.1. The van der Waals surface area contributed by atoms with Crippen LogP contribution < -0.4 is 4.90 Å². The largest absolute Gasteiger partial charge is 0.353 e. The van der Waals surface area contributed by atoms with E-state index in [1.165, 1.54) is 31.7 Å². The Bertz CT molecular complexity index is 893. The zero-order valence-electron chi connectivity index (χ0n) is 19.9. The van der Waals surface area contributed by atoms with Crippen LogP contribution in [0.2, 0.25) is 0 Å². The third-order valence-electron chi connectivity index (χ3n) is 6.25. The van der Waals surface area contributed by atoms with E-state index in [0.717, 1.165) is 67.5 Å². The molecule has 1 aromatic heterocycles. The van der Waals surface area contributed by atoms with Crippen molar-refractivity contribution >= 4 is 11.7 Å². The van der Waals surface area contributed by atoms with Gasteiger partial charge in [-0.2, -0.15) is 0 Å². The van der Waals surface area contributed by atoms with Crippen molar-refractivity contribution < 1.29 is 9.18 Å². The fourth-order valence-electron chi connectivity index (χ4n) is 4.42. The Morgan fingerprint density at radius 3 is 2.44 bits per heavy atom. The molecule has 1 amide bonds. The average Bonchev–Trinajstić information content (AvgIpc) is 2.78. The molecule has 1 aliphatic heterocycles. The van der Waals surface area contributed by atoms with Crippen molar-refractivity contribution in [3.8, 4) is 0 Å². The highest BCUT2D eigenvalue weighted by Crippen LogP contribution is 2.25. The van der Waals surface area contributed by atoms with Crippen LogP contribution in [-0.4, -0.2) is 47.0 Å². The maximum Gasteiger partial charge on any atom is 0.222 e.